The third-order valence-electron chi connectivity index (χ3n) is 4.72. The SMILES string of the molecule is CCCOC1CCCN(C(C)C(=O)NCC2CCCO2)CC1. The summed E-state index contributed by atoms with van der Waals surface area (Å²) >= 11 is 0. The fourth-order valence-electron chi connectivity index (χ4n) is 3.26. The Labute approximate surface area is 134 Å². The van der Waals surface area contributed by atoms with Gasteiger partial charge >= 0.3 is 0 Å². The zero-order valence-electron chi connectivity index (χ0n) is 14.2. The summed E-state index contributed by atoms with van der Waals surface area (Å²) in [5.41, 5.74) is 0. The van der Waals surface area contributed by atoms with Gasteiger partial charge in [0.15, 0.2) is 0 Å². The summed E-state index contributed by atoms with van der Waals surface area (Å²) in [5, 5.41) is 3.05. The van der Waals surface area contributed by atoms with Gasteiger partial charge in [0.1, 0.15) is 0 Å². The van der Waals surface area contributed by atoms with Gasteiger partial charge in [-0.2, -0.15) is 0 Å². The maximum Gasteiger partial charge on any atom is 0.237 e. The summed E-state index contributed by atoms with van der Waals surface area (Å²) < 4.78 is 11.4. The fourth-order valence-corrected chi connectivity index (χ4v) is 3.26. The molecule has 0 saturated carbocycles. The summed E-state index contributed by atoms with van der Waals surface area (Å²) in [6.45, 7) is 8.42. The Bertz CT molecular complexity index is 332. The highest BCUT2D eigenvalue weighted by Gasteiger charge is 2.26. The van der Waals surface area contributed by atoms with Crippen LogP contribution < -0.4 is 5.32 Å². The Kier molecular flexibility index (Phi) is 7.63. The molecule has 0 aliphatic carbocycles. The van der Waals surface area contributed by atoms with Crippen molar-refractivity contribution >= 4 is 5.91 Å². The second-order valence-corrected chi connectivity index (χ2v) is 6.52. The van der Waals surface area contributed by atoms with Gasteiger partial charge < -0.3 is 14.8 Å². The number of nitrogens with zero attached hydrogens (tertiary/aromatic N) is 1. The molecule has 2 saturated heterocycles. The maximum absolute atomic E-state index is 12.3. The molecule has 0 radical (unpaired) electrons. The lowest BCUT2D eigenvalue weighted by Crippen LogP contribution is -2.47. The molecular weight excluding hydrogens is 280 g/mol. The van der Waals surface area contributed by atoms with E-state index in [1.54, 1.807) is 0 Å². The van der Waals surface area contributed by atoms with Crippen LogP contribution in [0.3, 0.4) is 0 Å². The van der Waals surface area contributed by atoms with Crippen molar-refractivity contribution in [1.82, 2.24) is 10.2 Å². The summed E-state index contributed by atoms with van der Waals surface area (Å²) in [5.74, 6) is 0.128. The van der Waals surface area contributed by atoms with Gasteiger partial charge in [0.25, 0.3) is 0 Å². The van der Waals surface area contributed by atoms with Gasteiger partial charge in [0.05, 0.1) is 18.2 Å². The Hall–Kier alpha value is -0.650. The first kappa shape index (κ1) is 17.7. The van der Waals surface area contributed by atoms with Gasteiger partial charge in [-0.25, -0.2) is 0 Å². The highest BCUT2D eigenvalue weighted by molar-refractivity contribution is 5.81. The largest absolute Gasteiger partial charge is 0.378 e. The number of amides is 1. The highest BCUT2D eigenvalue weighted by Crippen LogP contribution is 2.17. The molecule has 2 aliphatic heterocycles. The molecule has 3 unspecified atom stereocenters. The van der Waals surface area contributed by atoms with E-state index in [1.165, 1.54) is 0 Å². The number of carbonyl (C=O) groups is 1. The number of carbonyl (C=O) groups excluding carboxylic acids is 1. The average Bonchev–Trinajstić information content (AvgIpc) is 2.94. The van der Waals surface area contributed by atoms with E-state index in [0.717, 1.165) is 64.8 Å². The number of hydrogen-bond donors (Lipinski definition) is 1. The predicted octanol–water partition coefficient (Wildman–Crippen LogP) is 1.95. The minimum atomic E-state index is -0.0636. The van der Waals surface area contributed by atoms with Gasteiger partial charge in [-0.3, -0.25) is 9.69 Å². The molecule has 0 aromatic rings. The molecule has 2 fully saturated rings. The van der Waals surface area contributed by atoms with E-state index in [1.807, 2.05) is 6.92 Å². The van der Waals surface area contributed by atoms with E-state index in [2.05, 4.69) is 17.1 Å². The number of likely N-dealkylation sites (tertiary alicyclic amines) is 1. The number of ether oxygens (including phenoxy) is 2. The quantitative estimate of drug-likeness (QED) is 0.781. The molecule has 0 aromatic carbocycles. The second-order valence-electron chi connectivity index (χ2n) is 6.52. The lowest BCUT2D eigenvalue weighted by Gasteiger charge is -2.27. The van der Waals surface area contributed by atoms with Crippen molar-refractivity contribution in [1.29, 1.82) is 0 Å². The molecule has 0 spiro atoms. The van der Waals surface area contributed by atoms with Crippen LogP contribution in [-0.4, -0.2) is 61.9 Å². The number of hydrogen-bond acceptors (Lipinski definition) is 4. The zero-order chi connectivity index (χ0) is 15.8. The Morgan fingerprint density at radius 2 is 2.18 bits per heavy atom. The van der Waals surface area contributed by atoms with Crippen LogP contribution >= 0.6 is 0 Å². The normalized spacial score (nSPS) is 28.3. The van der Waals surface area contributed by atoms with Gasteiger partial charge in [-0.1, -0.05) is 6.92 Å². The molecular formula is C17H32N2O3. The third-order valence-corrected chi connectivity index (χ3v) is 4.72. The van der Waals surface area contributed by atoms with Crippen LogP contribution in [0.5, 0.6) is 0 Å². The van der Waals surface area contributed by atoms with Crippen LogP contribution in [-0.2, 0) is 14.3 Å². The molecule has 2 rings (SSSR count). The lowest BCUT2D eigenvalue weighted by atomic mass is 10.1. The first-order chi connectivity index (χ1) is 10.7. The molecule has 0 aromatic heterocycles. The van der Waals surface area contributed by atoms with Crippen molar-refractivity contribution in [2.75, 3.05) is 32.8 Å². The van der Waals surface area contributed by atoms with E-state index in [4.69, 9.17) is 9.47 Å². The van der Waals surface area contributed by atoms with E-state index in [-0.39, 0.29) is 18.1 Å². The Balaban J connectivity index is 1.71. The molecule has 1 N–H and O–H groups in total. The van der Waals surface area contributed by atoms with Gasteiger partial charge in [0.2, 0.25) is 5.91 Å². The van der Waals surface area contributed by atoms with E-state index >= 15 is 0 Å². The van der Waals surface area contributed by atoms with E-state index in [0.29, 0.717) is 12.6 Å². The van der Waals surface area contributed by atoms with Crippen molar-refractivity contribution in [2.45, 2.75) is 70.6 Å². The summed E-state index contributed by atoms with van der Waals surface area (Å²) in [6.07, 6.45) is 7.08. The first-order valence-corrected chi connectivity index (χ1v) is 8.95. The Morgan fingerprint density at radius 1 is 1.32 bits per heavy atom. The third kappa shape index (κ3) is 5.52. The summed E-state index contributed by atoms with van der Waals surface area (Å²) in [4.78, 5) is 14.6. The van der Waals surface area contributed by atoms with E-state index in [9.17, 15) is 4.79 Å². The van der Waals surface area contributed by atoms with Crippen molar-refractivity contribution in [3.05, 3.63) is 0 Å². The minimum absolute atomic E-state index is 0.0636. The summed E-state index contributed by atoms with van der Waals surface area (Å²) in [7, 11) is 0. The minimum Gasteiger partial charge on any atom is -0.378 e. The molecule has 22 heavy (non-hydrogen) atoms. The molecule has 2 aliphatic rings. The topological polar surface area (TPSA) is 50.8 Å². The van der Waals surface area contributed by atoms with Gasteiger partial charge in [0, 0.05) is 26.3 Å². The molecule has 3 atom stereocenters. The smallest absolute Gasteiger partial charge is 0.237 e. The van der Waals surface area contributed by atoms with Crippen molar-refractivity contribution in [3.63, 3.8) is 0 Å². The highest BCUT2D eigenvalue weighted by atomic mass is 16.5. The molecule has 5 nitrogen and oxygen atoms in total. The molecule has 2 heterocycles. The van der Waals surface area contributed by atoms with Crippen LogP contribution in [0.2, 0.25) is 0 Å². The van der Waals surface area contributed by atoms with Crippen LogP contribution in [0, 0.1) is 0 Å². The van der Waals surface area contributed by atoms with E-state index < -0.39 is 0 Å². The fraction of sp³-hybridized carbons (Fsp3) is 0.941. The monoisotopic (exact) mass is 312 g/mol. The molecule has 0 bridgehead atoms. The van der Waals surface area contributed by atoms with Crippen molar-refractivity contribution in [3.8, 4) is 0 Å². The van der Waals surface area contributed by atoms with Crippen molar-refractivity contribution < 1.29 is 14.3 Å². The maximum atomic E-state index is 12.3. The molecule has 1 amide bonds. The van der Waals surface area contributed by atoms with Crippen molar-refractivity contribution in [2.24, 2.45) is 0 Å². The second kappa shape index (κ2) is 9.48. The van der Waals surface area contributed by atoms with Gasteiger partial charge in [-0.15, -0.1) is 0 Å². The first-order valence-electron chi connectivity index (χ1n) is 8.95. The van der Waals surface area contributed by atoms with Crippen LogP contribution in [0.15, 0.2) is 0 Å². The predicted molar refractivity (Wildman–Crippen MR) is 86.9 cm³/mol. The molecule has 5 heteroatoms. The van der Waals surface area contributed by atoms with Crippen LogP contribution in [0.4, 0.5) is 0 Å². The Morgan fingerprint density at radius 3 is 2.91 bits per heavy atom. The molecule has 128 valence electrons. The zero-order valence-corrected chi connectivity index (χ0v) is 14.2. The lowest BCUT2D eigenvalue weighted by molar-refractivity contribution is -0.126. The average molecular weight is 312 g/mol. The summed E-state index contributed by atoms with van der Waals surface area (Å²) in [6, 6.07) is -0.0636. The van der Waals surface area contributed by atoms with Gasteiger partial charge in [-0.05, 0) is 52.0 Å². The number of rotatable bonds is 7. The van der Waals surface area contributed by atoms with Crippen LogP contribution in [0.1, 0.15) is 52.4 Å². The van der Waals surface area contributed by atoms with Crippen LogP contribution in [0.25, 0.3) is 0 Å². The standard InChI is InChI=1S/C17H32N2O3/c1-3-11-21-15-6-4-9-19(10-8-15)14(2)17(20)18-13-16-7-5-12-22-16/h14-16H,3-13H2,1-2H3,(H,18,20). The number of nitrogens with one attached hydrogen (secondary N) is 1.